The predicted octanol–water partition coefficient (Wildman–Crippen LogP) is 13.4. The summed E-state index contributed by atoms with van der Waals surface area (Å²) < 4.78 is 151. The van der Waals surface area contributed by atoms with Crippen LogP contribution in [0.4, 0.5) is 70.7 Å². The van der Waals surface area contributed by atoms with Crippen LogP contribution >= 0.6 is 15.9 Å². The molecule has 4 aliphatic rings. The van der Waals surface area contributed by atoms with E-state index in [1.54, 1.807) is 9.80 Å². The van der Waals surface area contributed by atoms with Gasteiger partial charge in [0, 0.05) is 91.7 Å². The first-order valence-corrected chi connectivity index (χ1v) is 33.0. The Hall–Kier alpha value is -11.5. The van der Waals surface area contributed by atoms with Crippen molar-refractivity contribution in [3.8, 4) is 22.5 Å². The van der Waals surface area contributed by atoms with Gasteiger partial charge in [0.2, 0.25) is 11.7 Å². The Labute approximate surface area is 623 Å². The molecule has 0 atom stereocenters. The summed E-state index contributed by atoms with van der Waals surface area (Å²) in [5.74, 6) is -6.82. The van der Waals surface area contributed by atoms with E-state index in [1.165, 1.54) is 49.1 Å². The second kappa shape index (κ2) is 35.9. The fraction of sp³-hybridized carbons (Fsp3) is 0.319. The van der Waals surface area contributed by atoms with Gasteiger partial charge in [-0.05, 0) is 127 Å². The Bertz CT molecular complexity index is 4670. The molecule has 0 spiro atoms. The molecule has 8 aromatic rings. The molecular weight excluding hydrogens is 1530 g/mol. The fourth-order valence-electron chi connectivity index (χ4n) is 9.44. The maximum Gasteiger partial charge on any atom is 0.492 e. The third kappa shape index (κ3) is 24.5. The van der Waals surface area contributed by atoms with Gasteiger partial charge in [-0.15, -0.1) is 0 Å². The molecule has 4 aliphatic heterocycles. The first-order valence-electron chi connectivity index (χ1n) is 32.2. The van der Waals surface area contributed by atoms with Crippen molar-refractivity contribution < 1.29 is 91.7 Å². The van der Waals surface area contributed by atoms with E-state index >= 15 is 0 Å². The van der Waals surface area contributed by atoms with E-state index in [-0.39, 0.29) is 101 Å². The molecule has 3 amide bonds. The second-order valence-corrected chi connectivity index (χ2v) is 27.1. The number of pyridine rings is 2. The number of carbonyl (C=O) groups excluding carboxylic acids is 4. The molecule has 12 rings (SSSR count). The van der Waals surface area contributed by atoms with Gasteiger partial charge in [0.1, 0.15) is 46.5 Å². The number of hydrogen-bond donors (Lipinski definition) is 1. The number of nitro groups is 2. The summed E-state index contributed by atoms with van der Waals surface area (Å²) in [5, 5.41) is 21.7. The Morgan fingerprint density at radius 1 is 0.587 bits per heavy atom. The molecule has 10 heterocycles. The van der Waals surface area contributed by atoms with Crippen LogP contribution in [0.15, 0.2) is 145 Å². The molecule has 0 aliphatic carbocycles. The van der Waals surface area contributed by atoms with Crippen LogP contribution in [0.3, 0.4) is 0 Å². The minimum absolute atomic E-state index is 0.0207. The molecule has 6 aromatic heterocycles. The number of aromatic nitrogens is 10. The van der Waals surface area contributed by atoms with E-state index in [0.717, 1.165) is 77.1 Å². The lowest BCUT2D eigenvalue weighted by Crippen LogP contribution is -2.41. The van der Waals surface area contributed by atoms with Crippen molar-refractivity contribution in [3.63, 3.8) is 0 Å². The van der Waals surface area contributed by atoms with Gasteiger partial charge >= 0.3 is 37.1 Å². The summed E-state index contributed by atoms with van der Waals surface area (Å²) in [6.45, 7) is 20.6. The molecule has 0 unspecified atom stereocenters. The van der Waals surface area contributed by atoms with E-state index in [2.05, 4.69) is 60.8 Å². The minimum Gasteiger partial charge on any atom is -0.444 e. The number of nitrogens with two attached hydrogens (primary N) is 1. The number of benzene rings is 2. The molecule has 0 saturated carbocycles. The van der Waals surface area contributed by atoms with E-state index < -0.39 is 79.8 Å². The average Bonchev–Trinajstić information content (AvgIpc) is 1.61. The topological polar surface area (TPSA) is 348 Å². The van der Waals surface area contributed by atoms with Crippen molar-refractivity contribution in [1.29, 1.82) is 0 Å². The number of carbonyl (C=O) groups is 4. The number of rotatable bonds is 9. The van der Waals surface area contributed by atoms with Crippen molar-refractivity contribution in [2.24, 2.45) is 0 Å². The normalized spacial score (nSPS) is 14.8. The number of anilines is 1. The maximum atomic E-state index is 13.9. The highest BCUT2D eigenvalue weighted by molar-refractivity contribution is 9.10. The molecule has 576 valence electrons. The summed E-state index contributed by atoms with van der Waals surface area (Å²) in [5.41, 5.74) is 5.15. The Morgan fingerprint density at radius 2 is 1.01 bits per heavy atom. The summed E-state index contributed by atoms with van der Waals surface area (Å²) in [6, 6.07) is 10.7. The molecule has 1 fully saturated rings. The Morgan fingerprint density at radius 3 is 1.42 bits per heavy atom. The molecule has 28 nitrogen and oxygen atoms in total. The van der Waals surface area contributed by atoms with E-state index in [4.69, 9.17) is 24.5 Å². The van der Waals surface area contributed by atoms with E-state index in [9.17, 15) is 83.3 Å². The molecule has 40 heteroatoms. The lowest BCUT2D eigenvalue weighted by Gasteiger charge is -2.32. The molecule has 109 heavy (non-hydrogen) atoms. The molecule has 0 bridgehead atoms. The van der Waals surface area contributed by atoms with Crippen LogP contribution in [0.2, 0.25) is 0 Å². The van der Waals surface area contributed by atoms with Crippen LogP contribution in [0.5, 0.6) is 0 Å². The van der Waals surface area contributed by atoms with Crippen LogP contribution in [-0.2, 0) is 30.0 Å². The molecule has 1 saturated heterocycles. The predicted molar refractivity (Wildman–Crippen MR) is 375 cm³/mol. The minimum atomic E-state index is -4.90. The lowest BCUT2D eigenvalue weighted by atomic mass is 9.79. The number of nitrogen functional groups attached to an aromatic ring is 1. The average molecular weight is 1590 g/mol. The van der Waals surface area contributed by atoms with Gasteiger partial charge in [-0.1, -0.05) is 18.2 Å². The van der Waals surface area contributed by atoms with Crippen molar-refractivity contribution >= 4 is 75.4 Å². The summed E-state index contributed by atoms with van der Waals surface area (Å²) in [7, 11) is -0.387. The van der Waals surface area contributed by atoms with Crippen LogP contribution in [0, 0.1) is 60.9 Å². The van der Waals surface area contributed by atoms with Gasteiger partial charge in [-0.3, -0.25) is 34.4 Å². The third-order valence-electron chi connectivity index (χ3n) is 15.4. The first-order chi connectivity index (χ1) is 50.9. The van der Waals surface area contributed by atoms with Crippen molar-refractivity contribution in [3.05, 3.63) is 223 Å². The number of amides is 3. The highest BCUT2D eigenvalue weighted by Gasteiger charge is 2.53. The number of imidazole rings is 1. The molecule has 2 N–H and O–H groups in total. The summed E-state index contributed by atoms with van der Waals surface area (Å²) in [6.07, 6.45) is 9.60. The maximum absolute atomic E-state index is 13.9. The number of nitrogens with zero attached hydrogens (tertiary/aromatic N) is 15. The van der Waals surface area contributed by atoms with E-state index in [0.29, 0.717) is 59.3 Å². The van der Waals surface area contributed by atoms with Gasteiger partial charge in [-0.25, -0.2) is 85.2 Å². The van der Waals surface area contributed by atoms with Crippen LogP contribution in [-0.4, -0.2) is 173 Å². The first kappa shape index (κ1) is 84.7. The van der Waals surface area contributed by atoms with Gasteiger partial charge in [0.05, 0.1) is 82.6 Å². The second-order valence-electron chi connectivity index (χ2n) is 26.4. The van der Waals surface area contributed by atoms with Gasteiger partial charge < -0.3 is 39.2 Å². The lowest BCUT2D eigenvalue weighted by molar-refractivity contribution is -0.385. The van der Waals surface area contributed by atoms with E-state index in [1.807, 2.05) is 81.4 Å². The number of ether oxygens (including phenoxy) is 2. The van der Waals surface area contributed by atoms with Crippen LogP contribution in [0.25, 0.3) is 33.7 Å². The zero-order chi connectivity index (χ0) is 80.7. The molecule has 2 aromatic carbocycles. The Kier molecular flexibility index (Phi) is 27.9. The standard InChI is InChI=1S/C16H10F2N4O3.C15H26BNO4.C13H16FN3O2.C11H7F2N3O2.C10H7F4N3O.C4H2BrFN2/c17-10-1-2-11(12(18)7-10)13-3-4-15(22(24)25)14(20-13)8-16(23)21-6-5-19-9-21;1-13(2,3)19-12(18)17-9-8-11(10-17)16-20-14(4,5)15(6,7)21-16;1-13(2,3)19-12(18)17-5-4-9(8-17)11-15-6-10(14)7-16-11;12-6-1-2-7(8(13)5-6)9-3-4-10(16(17)18)11(14)15-9;11-7-3-15-8(16-4-7)6-1-2-17(5-6)9(18)10(12,13)14;5-4-7-1-3(6)2-8-4/h1-7,9H,8H2;8H,9-10H2,1-7H3;4,6-7H,5,8H2,1-3H3;1-5H,(H2,14,15);1,3-4H,2,5H2;1-2H. The van der Waals surface area contributed by atoms with Crippen molar-refractivity contribution in [2.45, 2.75) is 104 Å². The molecular formula is C69H68BBrF10N16O12. The van der Waals surface area contributed by atoms with Crippen LogP contribution in [0.1, 0.15) is 91.4 Å². The highest BCUT2D eigenvalue weighted by Crippen LogP contribution is 2.40. The van der Waals surface area contributed by atoms with Gasteiger partial charge in [0.25, 0.3) is 5.69 Å². The monoisotopic (exact) mass is 1590 g/mol. The number of halogens is 11. The SMILES string of the molecule is CC(C)(C)OC(=O)N1CC=C(B2OC(C)(C)C(C)(C)O2)C1.CC(C)(C)OC(=O)N1CC=C(c2ncc(F)cn2)C1.Fc1cnc(Br)nc1.Nc1nc(-c2ccc(F)cc2F)ccc1[N+](=O)[O-].O=C(Cc1nc(-c2ccc(F)cc2F)ccc1[N+](=O)[O-])n1ccnc1.O=C(N1CC=C(c2ncc(F)cn2)C1)C(F)(F)F. The number of alkyl halides is 3. The Balaban J connectivity index is 0.000000186. The smallest absolute Gasteiger partial charge is 0.444 e. The molecule has 0 radical (unpaired) electrons. The highest BCUT2D eigenvalue weighted by atomic mass is 79.9. The fourth-order valence-corrected chi connectivity index (χ4v) is 9.65. The zero-order valence-electron chi connectivity index (χ0n) is 59.6. The summed E-state index contributed by atoms with van der Waals surface area (Å²) in [4.78, 5) is 105. The largest absolute Gasteiger partial charge is 0.492 e. The van der Waals surface area contributed by atoms with Crippen molar-refractivity contribution in [2.75, 3.05) is 45.0 Å². The van der Waals surface area contributed by atoms with Gasteiger partial charge in [0.15, 0.2) is 33.8 Å². The zero-order valence-corrected chi connectivity index (χ0v) is 61.2. The quantitative estimate of drug-likeness (QED) is 0.0461. The van der Waals surface area contributed by atoms with Gasteiger partial charge in [-0.2, -0.15) is 13.2 Å². The van der Waals surface area contributed by atoms with Crippen molar-refractivity contribution in [1.82, 2.24) is 64.1 Å². The summed E-state index contributed by atoms with van der Waals surface area (Å²) >= 11 is 2.96. The third-order valence-corrected chi connectivity index (χ3v) is 15.8. The number of hydrogen-bond acceptors (Lipinski definition) is 22. The van der Waals surface area contributed by atoms with Crippen LogP contribution < -0.4 is 5.73 Å².